The Morgan fingerprint density at radius 3 is 2.56 bits per heavy atom. The first-order valence-corrected chi connectivity index (χ1v) is 10.3. The molecular weight excluding hydrogens is 479 g/mol. The smallest absolute Gasteiger partial charge is 0.264 e. The average Bonchev–Trinajstić information content (AvgIpc) is 2.93. The lowest BCUT2D eigenvalue weighted by Crippen LogP contribution is -2.28. The Balaban J connectivity index is 2.10. The summed E-state index contributed by atoms with van der Waals surface area (Å²) in [5.41, 5.74) is 0.936. The second-order valence-electron chi connectivity index (χ2n) is 5.56. The van der Waals surface area contributed by atoms with Gasteiger partial charge in [0.2, 0.25) is 5.91 Å². The number of carbonyl (C=O) groups is 1. The summed E-state index contributed by atoms with van der Waals surface area (Å²) in [6.45, 7) is 1.80. The molecule has 0 saturated carbocycles. The molecule has 0 unspecified atom stereocenters. The maximum Gasteiger partial charge on any atom is 0.264 e. The Labute approximate surface area is 161 Å². The number of sulfonamides is 1. The number of hydrogen-bond acceptors (Lipinski definition) is 3. The van der Waals surface area contributed by atoms with Gasteiger partial charge in [0.05, 0.1) is 11.4 Å². The number of amides is 1. The lowest BCUT2D eigenvalue weighted by Gasteiger charge is -2.19. The molecule has 1 amide bonds. The number of carbonyl (C=O) groups excluding carboxylic acids is 1. The van der Waals surface area contributed by atoms with Gasteiger partial charge in [0.1, 0.15) is 10.7 Å². The largest absolute Gasteiger partial charge is 0.311 e. The lowest BCUT2D eigenvalue weighted by atomic mass is 10.2. The van der Waals surface area contributed by atoms with Crippen LogP contribution < -0.4 is 9.62 Å². The molecule has 0 aromatic heterocycles. The SMILES string of the molecule is CC(=O)N1CCc2cc(Br)cc(S(=O)(=O)Nc3ccc(Br)cc3F)c21. The van der Waals surface area contributed by atoms with Crippen molar-refractivity contribution in [3.05, 3.63) is 50.7 Å². The molecule has 1 N–H and O–H groups in total. The Morgan fingerprint density at radius 1 is 1.20 bits per heavy atom. The van der Waals surface area contributed by atoms with Crippen molar-refractivity contribution in [1.29, 1.82) is 0 Å². The molecule has 1 heterocycles. The highest BCUT2D eigenvalue weighted by Crippen LogP contribution is 2.38. The molecule has 0 radical (unpaired) electrons. The summed E-state index contributed by atoms with van der Waals surface area (Å²) in [6, 6.07) is 7.24. The number of nitrogens with one attached hydrogen (secondary N) is 1. The highest BCUT2D eigenvalue weighted by Gasteiger charge is 2.31. The van der Waals surface area contributed by atoms with Gasteiger partial charge in [0, 0.05) is 22.4 Å². The van der Waals surface area contributed by atoms with Crippen LogP contribution in [0.3, 0.4) is 0 Å². The normalized spacial score (nSPS) is 13.7. The van der Waals surface area contributed by atoms with Crippen LogP contribution in [-0.4, -0.2) is 20.9 Å². The number of benzene rings is 2. The third-order valence-electron chi connectivity index (χ3n) is 3.84. The van der Waals surface area contributed by atoms with E-state index in [1.165, 1.54) is 36.1 Å². The van der Waals surface area contributed by atoms with E-state index in [1.54, 1.807) is 6.07 Å². The Kier molecular flexibility index (Phi) is 4.91. The van der Waals surface area contributed by atoms with Crippen LogP contribution in [0.5, 0.6) is 0 Å². The van der Waals surface area contributed by atoms with Gasteiger partial charge in [-0.25, -0.2) is 12.8 Å². The Hall–Kier alpha value is -1.45. The second-order valence-corrected chi connectivity index (χ2v) is 9.04. The number of halogens is 3. The first kappa shape index (κ1) is 18.3. The summed E-state index contributed by atoms with van der Waals surface area (Å²) in [5, 5.41) is 0. The average molecular weight is 492 g/mol. The maximum atomic E-state index is 14.0. The standard InChI is InChI=1S/C16H13Br2FN2O3S/c1-9(22)21-5-4-10-6-12(18)8-15(16(10)21)25(23,24)20-14-3-2-11(17)7-13(14)19/h2-3,6-8,20H,4-5H2,1H3. The predicted octanol–water partition coefficient (Wildman–Crippen LogP) is 4.06. The van der Waals surface area contributed by atoms with Crippen molar-refractivity contribution < 1.29 is 17.6 Å². The first-order chi connectivity index (χ1) is 11.7. The van der Waals surface area contributed by atoms with Crippen LogP contribution in [0.4, 0.5) is 15.8 Å². The number of anilines is 2. The first-order valence-electron chi connectivity index (χ1n) is 7.27. The molecular formula is C16H13Br2FN2O3S. The van der Waals surface area contributed by atoms with E-state index in [9.17, 15) is 17.6 Å². The topological polar surface area (TPSA) is 66.5 Å². The van der Waals surface area contributed by atoms with Gasteiger partial charge >= 0.3 is 0 Å². The lowest BCUT2D eigenvalue weighted by molar-refractivity contribution is -0.116. The van der Waals surface area contributed by atoms with Crippen molar-refractivity contribution in [2.24, 2.45) is 0 Å². The van der Waals surface area contributed by atoms with Crippen LogP contribution in [-0.2, 0) is 21.2 Å². The third kappa shape index (κ3) is 3.58. The van der Waals surface area contributed by atoms with Crippen molar-refractivity contribution in [2.75, 3.05) is 16.2 Å². The summed E-state index contributed by atoms with van der Waals surface area (Å²) in [4.78, 5) is 13.2. The molecule has 0 fully saturated rings. The van der Waals surface area contributed by atoms with E-state index >= 15 is 0 Å². The zero-order valence-electron chi connectivity index (χ0n) is 13.0. The summed E-state index contributed by atoms with van der Waals surface area (Å²) < 4.78 is 43.1. The number of fused-ring (bicyclic) bond motifs is 1. The van der Waals surface area contributed by atoms with Gasteiger partial charge in [-0.1, -0.05) is 31.9 Å². The Morgan fingerprint density at radius 2 is 1.92 bits per heavy atom. The minimum absolute atomic E-state index is 0.0631. The predicted molar refractivity (Wildman–Crippen MR) is 101 cm³/mol. The molecule has 5 nitrogen and oxygen atoms in total. The minimum Gasteiger partial charge on any atom is -0.311 e. The molecule has 0 saturated heterocycles. The number of rotatable bonds is 3. The van der Waals surface area contributed by atoms with Gasteiger partial charge in [-0.2, -0.15) is 0 Å². The van der Waals surface area contributed by atoms with E-state index in [4.69, 9.17) is 0 Å². The van der Waals surface area contributed by atoms with Crippen molar-refractivity contribution >= 4 is 59.2 Å². The molecule has 0 bridgehead atoms. The van der Waals surface area contributed by atoms with E-state index in [0.29, 0.717) is 27.6 Å². The van der Waals surface area contributed by atoms with Crippen molar-refractivity contribution in [3.8, 4) is 0 Å². The molecule has 3 rings (SSSR count). The van der Waals surface area contributed by atoms with Gasteiger partial charge in [-0.3, -0.25) is 9.52 Å². The molecule has 132 valence electrons. The van der Waals surface area contributed by atoms with Crippen LogP contribution in [0.15, 0.2) is 44.2 Å². The van der Waals surface area contributed by atoms with Crippen LogP contribution in [0.2, 0.25) is 0 Å². The van der Waals surface area contributed by atoms with E-state index < -0.39 is 15.8 Å². The molecule has 0 spiro atoms. The summed E-state index contributed by atoms with van der Waals surface area (Å²) >= 11 is 6.43. The van der Waals surface area contributed by atoms with Crippen LogP contribution >= 0.6 is 31.9 Å². The van der Waals surface area contributed by atoms with Crippen LogP contribution in [0, 0.1) is 5.82 Å². The molecule has 0 atom stereocenters. The maximum absolute atomic E-state index is 14.0. The number of hydrogen-bond donors (Lipinski definition) is 1. The molecule has 1 aliphatic rings. The summed E-state index contributed by atoms with van der Waals surface area (Å²) in [6.07, 6.45) is 0.559. The van der Waals surface area contributed by atoms with Gasteiger partial charge in [-0.15, -0.1) is 0 Å². The highest BCUT2D eigenvalue weighted by molar-refractivity contribution is 9.10. The van der Waals surface area contributed by atoms with Crippen molar-refractivity contribution in [3.63, 3.8) is 0 Å². The second kappa shape index (κ2) is 6.69. The monoisotopic (exact) mass is 490 g/mol. The van der Waals surface area contributed by atoms with Gasteiger partial charge in [0.15, 0.2) is 0 Å². The quantitative estimate of drug-likeness (QED) is 0.704. The zero-order valence-corrected chi connectivity index (χ0v) is 17.0. The third-order valence-corrected chi connectivity index (χ3v) is 6.17. The highest BCUT2D eigenvalue weighted by atomic mass is 79.9. The van der Waals surface area contributed by atoms with E-state index in [1.807, 2.05) is 0 Å². The van der Waals surface area contributed by atoms with E-state index in [-0.39, 0.29) is 16.5 Å². The molecule has 2 aromatic carbocycles. The van der Waals surface area contributed by atoms with Gasteiger partial charge in [0.25, 0.3) is 10.0 Å². The van der Waals surface area contributed by atoms with Crippen molar-refractivity contribution in [1.82, 2.24) is 0 Å². The molecule has 9 heteroatoms. The summed E-state index contributed by atoms with van der Waals surface area (Å²) in [5.74, 6) is -0.944. The fourth-order valence-electron chi connectivity index (χ4n) is 2.76. The number of nitrogens with zero attached hydrogens (tertiary/aromatic N) is 1. The fraction of sp³-hybridized carbons (Fsp3) is 0.188. The van der Waals surface area contributed by atoms with E-state index in [0.717, 1.165) is 5.56 Å². The van der Waals surface area contributed by atoms with Gasteiger partial charge < -0.3 is 4.90 Å². The molecule has 25 heavy (non-hydrogen) atoms. The Bertz CT molecular complexity index is 980. The molecule has 2 aromatic rings. The summed E-state index contributed by atoms with van der Waals surface area (Å²) in [7, 11) is -4.09. The molecule has 0 aliphatic carbocycles. The zero-order chi connectivity index (χ0) is 18.4. The minimum atomic E-state index is -4.09. The van der Waals surface area contributed by atoms with Crippen molar-refractivity contribution in [2.45, 2.75) is 18.2 Å². The van der Waals surface area contributed by atoms with Gasteiger partial charge in [-0.05, 0) is 42.3 Å². The van der Waals surface area contributed by atoms with Crippen LogP contribution in [0.1, 0.15) is 12.5 Å². The fourth-order valence-corrected chi connectivity index (χ4v) is 5.09. The van der Waals surface area contributed by atoms with E-state index in [2.05, 4.69) is 36.6 Å². The van der Waals surface area contributed by atoms with Crippen LogP contribution in [0.25, 0.3) is 0 Å². The molecule has 1 aliphatic heterocycles.